The number of carboxylic acid groups (broad SMARTS) is 2. The number of hydrogen-bond acceptors (Lipinski definition) is 6. The number of hydrogen-bond donors (Lipinski definition) is 2. The van der Waals surface area contributed by atoms with E-state index in [2.05, 4.69) is 0 Å². The third kappa shape index (κ3) is 5.80. The molecule has 1 aliphatic heterocycles. The van der Waals surface area contributed by atoms with Gasteiger partial charge in [-0.25, -0.2) is 9.59 Å². The minimum atomic E-state index is -1.08. The van der Waals surface area contributed by atoms with Crippen LogP contribution in [0, 0.1) is 5.92 Å². The molecular formula is C20H23NO6S2. The Balaban J connectivity index is 2.18. The Morgan fingerprint density at radius 1 is 1.21 bits per heavy atom. The Labute approximate surface area is 178 Å². The van der Waals surface area contributed by atoms with Crippen LogP contribution in [0.4, 0.5) is 0 Å². The lowest BCUT2D eigenvalue weighted by Gasteiger charge is -2.24. The lowest BCUT2D eigenvalue weighted by Crippen LogP contribution is -2.44. The lowest BCUT2D eigenvalue weighted by atomic mass is 10.0. The quantitative estimate of drug-likeness (QED) is 0.446. The zero-order chi connectivity index (χ0) is 21.7. The number of carboxylic acids is 2. The molecule has 29 heavy (non-hydrogen) atoms. The number of thioether (sulfide) groups is 1. The van der Waals surface area contributed by atoms with Crippen molar-refractivity contribution >= 4 is 52.2 Å². The van der Waals surface area contributed by atoms with Crippen molar-refractivity contribution in [3.63, 3.8) is 0 Å². The highest BCUT2D eigenvalue weighted by atomic mass is 32.2. The summed E-state index contributed by atoms with van der Waals surface area (Å²) in [6.07, 6.45) is 1.35. The van der Waals surface area contributed by atoms with E-state index in [0.29, 0.717) is 29.1 Å². The van der Waals surface area contributed by atoms with Gasteiger partial charge in [0.25, 0.3) is 5.91 Å². The number of amides is 1. The molecule has 0 aliphatic carbocycles. The number of rotatable bonds is 9. The van der Waals surface area contributed by atoms with Crippen LogP contribution >= 0.6 is 24.0 Å². The molecule has 2 unspecified atom stereocenters. The molecule has 1 aromatic rings. The molecule has 2 rings (SSSR count). The average Bonchev–Trinajstić information content (AvgIpc) is 2.91. The Morgan fingerprint density at radius 2 is 1.83 bits per heavy atom. The highest BCUT2D eigenvalue weighted by Gasteiger charge is 2.40. The summed E-state index contributed by atoms with van der Waals surface area (Å²) in [7, 11) is 0. The summed E-state index contributed by atoms with van der Waals surface area (Å²) < 4.78 is 5.64. The molecule has 1 amide bonds. The van der Waals surface area contributed by atoms with Gasteiger partial charge < -0.3 is 14.9 Å². The third-order valence-corrected chi connectivity index (χ3v) is 5.55. The molecule has 0 saturated carbocycles. The molecule has 9 heteroatoms. The zero-order valence-electron chi connectivity index (χ0n) is 16.3. The maximum atomic E-state index is 12.8. The van der Waals surface area contributed by atoms with Crippen LogP contribution in [0.2, 0.25) is 0 Å². The fourth-order valence-electron chi connectivity index (χ4n) is 2.78. The van der Waals surface area contributed by atoms with Crippen molar-refractivity contribution in [2.45, 2.75) is 45.8 Å². The molecule has 156 valence electrons. The Kier molecular flexibility index (Phi) is 7.80. The summed E-state index contributed by atoms with van der Waals surface area (Å²) in [5.41, 5.74) is 0.692. The predicted octanol–water partition coefficient (Wildman–Crippen LogP) is 3.63. The number of nitrogens with zero attached hydrogens (tertiary/aromatic N) is 1. The van der Waals surface area contributed by atoms with Gasteiger partial charge in [-0.3, -0.25) is 9.69 Å². The summed E-state index contributed by atoms with van der Waals surface area (Å²) in [6, 6.07) is 5.64. The maximum absolute atomic E-state index is 12.8. The van der Waals surface area contributed by atoms with Gasteiger partial charge in [-0.2, -0.15) is 0 Å². The largest absolute Gasteiger partial charge is 0.480 e. The van der Waals surface area contributed by atoms with E-state index in [1.807, 2.05) is 13.8 Å². The number of aliphatic carboxylic acids is 2. The van der Waals surface area contributed by atoms with Crippen molar-refractivity contribution in [3.8, 4) is 5.75 Å². The van der Waals surface area contributed by atoms with Crippen molar-refractivity contribution in [1.82, 2.24) is 4.90 Å². The molecule has 0 spiro atoms. The second kappa shape index (κ2) is 9.89. The van der Waals surface area contributed by atoms with Crippen LogP contribution in [0.5, 0.6) is 5.75 Å². The summed E-state index contributed by atoms with van der Waals surface area (Å²) in [5.74, 6) is -2.04. The Bertz CT molecular complexity index is 834. The predicted molar refractivity (Wildman–Crippen MR) is 115 cm³/mol. The first-order chi connectivity index (χ1) is 13.6. The van der Waals surface area contributed by atoms with Crippen molar-refractivity contribution in [2.75, 3.05) is 0 Å². The second-order valence-corrected chi connectivity index (χ2v) is 8.63. The summed E-state index contributed by atoms with van der Waals surface area (Å²) in [5, 5.41) is 18.6. The second-order valence-electron chi connectivity index (χ2n) is 6.96. The normalized spacial score (nSPS) is 17.7. The van der Waals surface area contributed by atoms with Gasteiger partial charge in [0.15, 0.2) is 6.10 Å². The molecule has 0 aromatic heterocycles. The lowest BCUT2D eigenvalue weighted by molar-refractivity contribution is -0.146. The average molecular weight is 438 g/mol. The van der Waals surface area contributed by atoms with E-state index in [-0.39, 0.29) is 10.2 Å². The number of benzene rings is 1. The van der Waals surface area contributed by atoms with E-state index in [0.717, 1.165) is 11.8 Å². The number of carbonyl (C=O) groups excluding carboxylic acids is 1. The van der Waals surface area contributed by atoms with Gasteiger partial charge in [0, 0.05) is 0 Å². The van der Waals surface area contributed by atoms with Crippen LogP contribution in [0.3, 0.4) is 0 Å². The van der Waals surface area contributed by atoms with E-state index in [1.54, 1.807) is 37.3 Å². The first-order valence-electron chi connectivity index (χ1n) is 9.13. The van der Waals surface area contributed by atoms with E-state index in [1.165, 1.54) is 4.90 Å². The minimum absolute atomic E-state index is 0.0926. The van der Waals surface area contributed by atoms with Gasteiger partial charge in [-0.1, -0.05) is 56.9 Å². The van der Waals surface area contributed by atoms with Gasteiger partial charge in [0.1, 0.15) is 16.1 Å². The van der Waals surface area contributed by atoms with E-state index in [9.17, 15) is 19.5 Å². The monoisotopic (exact) mass is 437 g/mol. The Hall–Kier alpha value is -2.39. The summed E-state index contributed by atoms with van der Waals surface area (Å²) in [4.78, 5) is 37.0. The highest BCUT2D eigenvalue weighted by molar-refractivity contribution is 8.26. The fourth-order valence-corrected chi connectivity index (χ4v) is 4.14. The molecule has 1 fully saturated rings. The molecular weight excluding hydrogens is 414 g/mol. The number of carbonyl (C=O) groups is 3. The maximum Gasteiger partial charge on any atom is 0.344 e. The van der Waals surface area contributed by atoms with Gasteiger partial charge >= 0.3 is 11.9 Å². The molecule has 7 nitrogen and oxygen atoms in total. The van der Waals surface area contributed by atoms with Crippen LogP contribution in [0.15, 0.2) is 29.2 Å². The molecule has 2 atom stereocenters. The van der Waals surface area contributed by atoms with Crippen molar-refractivity contribution in [3.05, 3.63) is 34.7 Å². The summed E-state index contributed by atoms with van der Waals surface area (Å²) in [6.45, 7) is 5.50. The van der Waals surface area contributed by atoms with Crippen LogP contribution in [0.1, 0.15) is 39.2 Å². The van der Waals surface area contributed by atoms with Crippen molar-refractivity contribution < 1.29 is 29.3 Å². The topological polar surface area (TPSA) is 104 Å². The van der Waals surface area contributed by atoms with E-state index in [4.69, 9.17) is 22.1 Å². The molecule has 1 aromatic carbocycles. The summed E-state index contributed by atoms with van der Waals surface area (Å²) >= 11 is 6.32. The first-order valence-corrected chi connectivity index (χ1v) is 10.4. The molecule has 2 N–H and O–H groups in total. The van der Waals surface area contributed by atoms with E-state index >= 15 is 0 Å². The van der Waals surface area contributed by atoms with E-state index < -0.39 is 30.0 Å². The van der Waals surface area contributed by atoms with Crippen LogP contribution in [-0.4, -0.2) is 49.4 Å². The van der Waals surface area contributed by atoms with Gasteiger partial charge in [-0.15, -0.1) is 0 Å². The SMILES string of the molecule is CCC(Oc1ccc(/C=C2\SC(=S)N(C(CC(C)C)C(=O)O)C2=O)cc1)C(=O)O. The smallest absolute Gasteiger partial charge is 0.344 e. The highest BCUT2D eigenvalue weighted by Crippen LogP contribution is 2.35. The van der Waals surface area contributed by atoms with Gasteiger partial charge in [-0.05, 0) is 42.5 Å². The minimum Gasteiger partial charge on any atom is -0.480 e. The van der Waals surface area contributed by atoms with Crippen LogP contribution < -0.4 is 4.74 Å². The molecule has 0 radical (unpaired) electrons. The van der Waals surface area contributed by atoms with Crippen LogP contribution in [0.25, 0.3) is 6.08 Å². The molecule has 0 bridgehead atoms. The fraction of sp³-hybridized carbons (Fsp3) is 0.400. The Morgan fingerprint density at radius 3 is 2.31 bits per heavy atom. The van der Waals surface area contributed by atoms with Crippen LogP contribution in [-0.2, 0) is 14.4 Å². The zero-order valence-corrected chi connectivity index (χ0v) is 18.0. The number of thiocarbonyl (C=S) groups is 1. The third-order valence-electron chi connectivity index (χ3n) is 4.22. The molecule has 1 aliphatic rings. The van der Waals surface area contributed by atoms with Crippen molar-refractivity contribution in [1.29, 1.82) is 0 Å². The molecule has 1 heterocycles. The van der Waals surface area contributed by atoms with Gasteiger partial charge in [0.2, 0.25) is 0 Å². The standard InChI is InChI=1S/C20H23NO6S2/c1-4-15(19(25)26)27-13-7-5-12(6-8-13)10-16-17(22)21(20(28)29-16)14(18(23)24)9-11(2)3/h5-8,10-11,14-15H,4,9H2,1-3H3,(H,23,24)(H,25,26)/b16-10-. The van der Waals surface area contributed by atoms with Gasteiger partial charge in [0.05, 0.1) is 4.91 Å². The van der Waals surface area contributed by atoms with Crippen molar-refractivity contribution in [2.24, 2.45) is 5.92 Å². The number of ether oxygens (including phenoxy) is 1. The molecule has 1 saturated heterocycles. The first kappa shape index (κ1) is 22.9.